The predicted octanol–water partition coefficient (Wildman–Crippen LogP) is -1.32. The first kappa shape index (κ1) is 12.9. The van der Waals surface area contributed by atoms with Crippen molar-refractivity contribution in [2.45, 2.75) is 6.92 Å². The summed E-state index contributed by atoms with van der Waals surface area (Å²) < 4.78 is 0. The highest BCUT2D eigenvalue weighted by atomic mass is 15.3. The number of nitrogens with zero attached hydrogens (tertiary/aromatic N) is 2. The van der Waals surface area contributed by atoms with E-state index < -0.39 is 0 Å². The fourth-order valence-electron chi connectivity index (χ4n) is 1.87. The van der Waals surface area contributed by atoms with Gasteiger partial charge in [0.2, 0.25) is 0 Å². The van der Waals surface area contributed by atoms with Crippen LogP contribution in [0.1, 0.15) is 6.92 Å². The van der Waals surface area contributed by atoms with Gasteiger partial charge < -0.3 is 10.2 Å². The van der Waals surface area contributed by atoms with Gasteiger partial charge in [0.15, 0.2) is 0 Å². The molecule has 0 amide bonds. The van der Waals surface area contributed by atoms with Crippen molar-refractivity contribution in [3.8, 4) is 0 Å². The third kappa shape index (κ3) is 5.44. The third-order valence-electron chi connectivity index (χ3n) is 2.96. The molecule has 1 saturated heterocycles. The molecule has 0 atom stereocenters. The van der Waals surface area contributed by atoms with Crippen molar-refractivity contribution in [3.63, 3.8) is 0 Å². The van der Waals surface area contributed by atoms with E-state index in [9.17, 15) is 0 Å². The Labute approximate surface area is 92.9 Å². The quantitative estimate of drug-likeness (QED) is 0.363. The maximum atomic E-state index is 5.28. The van der Waals surface area contributed by atoms with Crippen LogP contribution in [0.25, 0.3) is 0 Å². The summed E-state index contributed by atoms with van der Waals surface area (Å²) in [5, 5.41) is 3.37. The van der Waals surface area contributed by atoms with E-state index in [4.69, 9.17) is 5.84 Å². The Hall–Kier alpha value is -0.200. The van der Waals surface area contributed by atoms with Crippen LogP contribution in [-0.4, -0.2) is 68.7 Å². The van der Waals surface area contributed by atoms with E-state index in [1.54, 1.807) is 0 Å². The normalized spacial score (nSPS) is 18.6. The summed E-state index contributed by atoms with van der Waals surface area (Å²) >= 11 is 0. The number of nitrogens with two attached hydrogens (primary N) is 1. The Morgan fingerprint density at radius 3 is 2.67 bits per heavy atom. The maximum Gasteiger partial charge on any atom is 0.0225 e. The average Bonchev–Trinajstić information content (AvgIpc) is 2.31. The number of nitrogens with one attached hydrogen (secondary N) is 2. The first-order chi connectivity index (χ1) is 7.36. The minimum absolute atomic E-state index is 0.870. The van der Waals surface area contributed by atoms with Gasteiger partial charge in [-0.1, -0.05) is 6.92 Å². The number of hydrogen-bond donors (Lipinski definition) is 3. The van der Waals surface area contributed by atoms with Crippen LogP contribution in [-0.2, 0) is 0 Å². The molecule has 5 heteroatoms. The Bertz CT molecular complexity index is 147. The monoisotopic (exact) mass is 215 g/mol. The highest BCUT2D eigenvalue weighted by molar-refractivity contribution is 4.69. The maximum absolute atomic E-state index is 5.28. The Morgan fingerprint density at radius 2 is 2.07 bits per heavy atom. The molecule has 0 aromatic rings. The summed E-state index contributed by atoms with van der Waals surface area (Å²) in [7, 11) is 0. The molecule has 0 aromatic heterocycles. The molecule has 0 unspecified atom stereocenters. The number of hydrazine groups is 1. The van der Waals surface area contributed by atoms with Gasteiger partial charge in [-0.15, -0.1) is 0 Å². The lowest BCUT2D eigenvalue weighted by molar-refractivity contribution is 0.193. The summed E-state index contributed by atoms with van der Waals surface area (Å²) in [6, 6.07) is 0. The highest BCUT2D eigenvalue weighted by Crippen LogP contribution is 1.94. The second-order valence-corrected chi connectivity index (χ2v) is 3.98. The molecule has 5 nitrogen and oxygen atoms in total. The standard InChI is InChI=1S/C10H25N5/c1-2-14(8-5-13-11)9-10-15-6-3-12-4-7-15/h12-13H,2-11H2,1H3. The zero-order valence-electron chi connectivity index (χ0n) is 9.84. The van der Waals surface area contributed by atoms with Crippen molar-refractivity contribution >= 4 is 0 Å². The molecule has 0 spiro atoms. The van der Waals surface area contributed by atoms with Crippen molar-refractivity contribution in [2.24, 2.45) is 5.84 Å². The summed E-state index contributed by atoms with van der Waals surface area (Å²) in [5.41, 5.74) is 2.71. The lowest BCUT2D eigenvalue weighted by atomic mass is 10.3. The summed E-state index contributed by atoms with van der Waals surface area (Å²) in [6.45, 7) is 12.2. The topological polar surface area (TPSA) is 56.6 Å². The second kappa shape index (κ2) is 8.01. The SMILES string of the molecule is CCN(CCNN)CCN1CCNCC1. The molecule has 4 N–H and O–H groups in total. The largest absolute Gasteiger partial charge is 0.314 e. The summed E-state index contributed by atoms with van der Waals surface area (Å²) in [5.74, 6) is 5.28. The van der Waals surface area contributed by atoms with Gasteiger partial charge in [0.05, 0.1) is 0 Å². The molecule has 1 aliphatic heterocycles. The van der Waals surface area contributed by atoms with Crippen LogP contribution in [0.3, 0.4) is 0 Å². The van der Waals surface area contributed by atoms with Crippen LogP contribution in [0, 0.1) is 0 Å². The minimum atomic E-state index is 0.870. The first-order valence-electron chi connectivity index (χ1n) is 5.95. The minimum Gasteiger partial charge on any atom is -0.314 e. The van der Waals surface area contributed by atoms with E-state index in [0.717, 1.165) is 39.3 Å². The van der Waals surface area contributed by atoms with Gasteiger partial charge in [-0.2, -0.15) is 0 Å². The van der Waals surface area contributed by atoms with Crippen LogP contribution in [0.15, 0.2) is 0 Å². The van der Waals surface area contributed by atoms with Gasteiger partial charge in [-0.25, -0.2) is 0 Å². The molecule has 0 aliphatic carbocycles. The van der Waals surface area contributed by atoms with Crippen molar-refractivity contribution in [2.75, 3.05) is 58.9 Å². The van der Waals surface area contributed by atoms with Crippen molar-refractivity contribution in [1.82, 2.24) is 20.5 Å². The molecule has 0 radical (unpaired) electrons. The van der Waals surface area contributed by atoms with Crippen LogP contribution in [0.4, 0.5) is 0 Å². The number of hydrogen-bond acceptors (Lipinski definition) is 5. The van der Waals surface area contributed by atoms with Crippen LogP contribution in [0.5, 0.6) is 0 Å². The fraction of sp³-hybridized carbons (Fsp3) is 1.00. The Morgan fingerprint density at radius 1 is 1.33 bits per heavy atom. The number of piperazine rings is 1. The third-order valence-corrected chi connectivity index (χ3v) is 2.96. The molecule has 0 saturated carbocycles. The number of rotatable bonds is 7. The van der Waals surface area contributed by atoms with Crippen LogP contribution >= 0.6 is 0 Å². The predicted molar refractivity (Wildman–Crippen MR) is 63.6 cm³/mol. The second-order valence-electron chi connectivity index (χ2n) is 3.98. The Balaban J connectivity index is 2.09. The van der Waals surface area contributed by atoms with Gasteiger partial charge in [0.1, 0.15) is 0 Å². The van der Waals surface area contributed by atoms with Gasteiger partial charge in [-0.05, 0) is 6.54 Å². The van der Waals surface area contributed by atoms with Crippen molar-refractivity contribution in [1.29, 1.82) is 0 Å². The molecule has 1 rings (SSSR count). The summed E-state index contributed by atoms with van der Waals surface area (Å²) in [4.78, 5) is 4.96. The van der Waals surface area contributed by atoms with E-state index in [2.05, 4.69) is 27.5 Å². The van der Waals surface area contributed by atoms with E-state index in [1.807, 2.05) is 0 Å². The number of likely N-dealkylation sites (N-methyl/N-ethyl adjacent to an activating group) is 1. The molecule has 0 bridgehead atoms. The fourth-order valence-corrected chi connectivity index (χ4v) is 1.87. The molecular formula is C10H25N5. The van der Waals surface area contributed by atoms with Crippen molar-refractivity contribution in [3.05, 3.63) is 0 Å². The highest BCUT2D eigenvalue weighted by Gasteiger charge is 2.10. The van der Waals surface area contributed by atoms with Gasteiger partial charge in [-0.3, -0.25) is 16.2 Å². The Kier molecular flexibility index (Phi) is 6.87. The molecule has 90 valence electrons. The first-order valence-corrected chi connectivity index (χ1v) is 5.95. The van der Waals surface area contributed by atoms with Crippen LogP contribution < -0.4 is 16.6 Å². The molecule has 0 aromatic carbocycles. The summed E-state index contributed by atoms with van der Waals surface area (Å²) in [6.07, 6.45) is 0. The zero-order valence-corrected chi connectivity index (χ0v) is 9.84. The van der Waals surface area contributed by atoms with E-state index in [0.29, 0.717) is 0 Å². The van der Waals surface area contributed by atoms with Gasteiger partial charge >= 0.3 is 0 Å². The molecular weight excluding hydrogens is 190 g/mol. The van der Waals surface area contributed by atoms with E-state index in [1.165, 1.54) is 19.6 Å². The van der Waals surface area contributed by atoms with E-state index >= 15 is 0 Å². The van der Waals surface area contributed by atoms with Crippen LogP contribution in [0.2, 0.25) is 0 Å². The van der Waals surface area contributed by atoms with Gasteiger partial charge in [0, 0.05) is 52.4 Å². The van der Waals surface area contributed by atoms with Crippen molar-refractivity contribution < 1.29 is 0 Å². The molecule has 1 heterocycles. The lowest BCUT2D eigenvalue weighted by Gasteiger charge is -2.29. The molecule has 1 fully saturated rings. The molecule has 1 aliphatic rings. The molecule has 15 heavy (non-hydrogen) atoms. The van der Waals surface area contributed by atoms with E-state index in [-0.39, 0.29) is 0 Å². The average molecular weight is 215 g/mol. The lowest BCUT2D eigenvalue weighted by Crippen LogP contribution is -2.47. The smallest absolute Gasteiger partial charge is 0.0225 e. The zero-order chi connectivity index (χ0) is 10.9. The van der Waals surface area contributed by atoms with Gasteiger partial charge in [0.25, 0.3) is 0 Å².